The van der Waals surface area contributed by atoms with E-state index in [9.17, 15) is 24.2 Å². The van der Waals surface area contributed by atoms with Crippen LogP contribution in [0, 0.1) is 23.7 Å². The summed E-state index contributed by atoms with van der Waals surface area (Å²) in [6, 6.07) is 4.37. The van der Waals surface area contributed by atoms with Crippen molar-refractivity contribution < 1.29 is 33.6 Å². The van der Waals surface area contributed by atoms with Gasteiger partial charge < -0.3 is 19.5 Å². The Bertz CT molecular complexity index is 961. The molecule has 1 amide bonds. The Kier molecular flexibility index (Phi) is 13.4. The van der Waals surface area contributed by atoms with Crippen molar-refractivity contribution in [2.75, 3.05) is 6.16 Å². The molecule has 0 aromatic heterocycles. The number of aliphatic hydroxyl groups excluding tert-OH is 1. The van der Waals surface area contributed by atoms with Gasteiger partial charge in [-0.3, -0.25) is 14.3 Å². The molecule has 0 radical (unpaired) electrons. The number of rotatable bonds is 12. The van der Waals surface area contributed by atoms with Crippen molar-refractivity contribution in [1.29, 1.82) is 0 Å². The van der Waals surface area contributed by atoms with Gasteiger partial charge in [0.05, 0.1) is 22.0 Å². The van der Waals surface area contributed by atoms with Crippen molar-refractivity contribution in [2.45, 2.75) is 91.7 Å². The number of ether oxygens (including phenoxy) is 2. The molecule has 8 nitrogen and oxygen atoms in total. The van der Waals surface area contributed by atoms with Gasteiger partial charge in [-0.05, 0) is 62.1 Å². The molecule has 11 heteroatoms. The lowest BCUT2D eigenvalue weighted by atomic mass is 9.80. The quantitative estimate of drug-likeness (QED) is 0.152. The monoisotopic (exact) mass is 593 g/mol. The van der Waals surface area contributed by atoms with Crippen molar-refractivity contribution in [3.63, 3.8) is 0 Å². The molecule has 6 atom stereocenters. The fourth-order valence-corrected chi connectivity index (χ4v) is 5.97. The van der Waals surface area contributed by atoms with Gasteiger partial charge in [0.2, 0.25) is 0 Å². The first-order chi connectivity index (χ1) is 17.8. The van der Waals surface area contributed by atoms with E-state index < -0.39 is 44.6 Å². The Labute approximate surface area is 236 Å². The van der Waals surface area contributed by atoms with Crippen LogP contribution in [0.4, 0.5) is 4.79 Å². The number of hydrogen-bond donors (Lipinski definition) is 2. The molecule has 216 valence electrons. The fraction of sp³-hybridized carbons (Fsp3) is 0.704. The summed E-state index contributed by atoms with van der Waals surface area (Å²) in [5.41, 5.74) is 0.654. The lowest BCUT2D eigenvalue weighted by Crippen LogP contribution is -2.45. The van der Waals surface area contributed by atoms with Gasteiger partial charge in [0, 0.05) is 12.1 Å². The van der Waals surface area contributed by atoms with Crippen molar-refractivity contribution in [3.05, 3.63) is 33.8 Å². The number of halogens is 2. The summed E-state index contributed by atoms with van der Waals surface area (Å²) in [5.74, 6) is -0.687. The van der Waals surface area contributed by atoms with Crippen molar-refractivity contribution in [3.8, 4) is 0 Å². The summed E-state index contributed by atoms with van der Waals surface area (Å²) in [5, 5.41) is 12.0. The third kappa shape index (κ3) is 10.0. The maximum absolute atomic E-state index is 13.5. The molecule has 0 heterocycles. The number of esters is 1. The zero-order valence-corrected chi connectivity index (χ0v) is 25.4. The minimum Gasteiger partial charge on any atom is -0.425 e. The van der Waals surface area contributed by atoms with Crippen LogP contribution in [0.5, 0.6) is 0 Å². The number of nitrogens with zero attached hydrogens (tertiary/aromatic N) is 1. The first-order valence-corrected chi connectivity index (χ1v) is 15.7. The second-order valence-electron chi connectivity index (χ2n) is 10.9. The highest BCUT2D eigenvalue weighted by molar-refractivity contribution is 7.38. The Morgan fingerprint density at radius 2 is 1.74 bits per heavy atom. The highest BCUT2D eigenvalue weighted by Gasteiger charge is 2.34. The highest BCUT2D eigenvalue weighted by atomic mass is 35.5. The molecule has 0 bridgehead atoms. The molecule has 1 aromatic rings. The lowest BCUT2D eigenvalue weighted by Gasteiger charge is -2.36. The van der Waals surface area contributed by atoms with E-state index in [0.29, 0.717) is 40.5 Å². The first-order valence-electron chi connectivity index (χ1n) is 13.3. The smallest absolute Gasteiger partial charge is 0.415 e. The second-order valence-corrected chi connectivity index (χ2v) is 12.9. The normalized spacial score (nSPS) is 21.0. The Hall–Kier alpha value is -1.31. The van der Waals surface area contributed by atoms with Crippen LogP contribution in [-0.2, 0) is 18.8 Å². The van der Waals surface area contributed by atoms with Crippen LogP contribution in [0.2, 0.25) is 10.0 Å². The molecule has 1 saturated carbocycles. The third-order valence-corrected chi connectivity index (χ3v) is 8.69. The Morgan fingerprint density at radius 1 is 1.08 bits per heavy atom. The first kappa shape index (κ1) is 32.9. The van der Waals surface area contributed by atoms with Gasteiger partial charge in [0.15, 0.2) is 8.03 Å². The van der Waals surface area contributed by atoms with Gasteiger partial charge in [-0.2, -0.15) is 0 Å². The summed E-state index contributed by atoms with van der Waals surface area (Å²) in [7, 11) is -2.52. The predicted octanol–water partition coefficient (Wildman–Crippen LogP) is 7.05. The SMILES string of the molecule is CC(C)C(=O)OC(OC(=O)N(C(O)CCC1CCC[C@H](C[PH](=O)O)C1)C(C)c1ccc(Cl)c(Cl)c1)C(C)C. The number of aliphatic hydroxyl groups is 1. The van der Waals surface area contributed by atoms with Crippen molar-refractivity contribution in [1.82, 2.24) is 4.90 Å². The summed E-state index contributed by atoms with van der Waals surface area (Å²) in [6.07, 6.45) is 1.89. The molecule has 0 saturated heterocycles. The number of amides is 1. The third-order valence-electron chi connectivity index (χ3n) is 7.03. The molecule has 38 heavy (non-hydrogen) atoms. The van der Waals surface area contributed by atoms with Gasteiger partial charge in [-0.15, -0.1) is 0 Å². The topological polar surface area (TPSA) is 113 Å². The average Bonchev–Trinajstić information content (AvgIpc) is 2.83. The van der Waals surface area contributed by atoms with Crippen LogP contribution in [0.15, 0.2) is 18.2 Å². The Balaban J connectivity index is 2.22. The van der Waals surface area contributed by atoms with Crippen LogP contribution in [0.25, 0.3) is 0 Å². The zero-order chi connectivity index (χ0) is 28.6. The minimum atomic E-state index is -2.52. The molecule has 5 unspecified atom stereocenters. The molecule has 0 aliphatic heterocycles. The molecule has 0 spiro atoms. The molecular formula is C27H42Cl2NO7P. The maximum atomic E-state index is 13.5. The standard InChI is InChI=1S/C27H42Cl2NO7P/c1-16(2)25(32)36-26(17(3)4)37-27(33)30(18(5)21-10-11-22(28)23(29)14-21)24(31)12-9-19-7-6-8-20(13-19)15-38(34)35/h10-11,14,16-20,24,26,31,38H,6-9,12-13,15H2,1-5H3,(H,34,35)/t18?,19?,20-,24?,26?/m0/s1. The Morgan fingerprint density at radius 3 is 2.32 bits per heavy atom. The van der Waals surface area contributed by atoms with E-state index in [1.165, 1.54) is 4.90 Å². The number of carbonyl (C=O) groups excluding carboxylic acids is 2. The molecule has 1 aliphatic carbocycles. The van der Waals surface area contributed by atoms with E-state index in [1.54, 1.807) is 52.8 Å². The lowest BCUT2D eigenvalue weighted by molar-refractivity contribution is -0.182. The molecule has 1 aliphatic rings. The summed E-state index contributed by atoms with van der Waals surface area (Å²) in [4.78, 5) is 36.3. The molecule has 1 fully saturated rings. The fourth-order valence-electron chi connectivity index (χ4n) is 4.80. The van der Waals surface area contributed by atoms with Crippen LogP contribution in [0.3, 0.4) is 0 Å². The number of hydrogen-bond acceptors (Lipinski definition) is 6. The van der Waals surface area contributed by atoms with Gasteiger partial charge in [0.25, 0.3) is 6.29 Å². The van der Waals surface area contributed by atoms with E-state index in [2.05, 4.69) is 0 Å². The van der Waals surface area contributed by atoms with Gasteiger partial charge in [-0.25, -0.2) is 4.79 Å². The van der Waals surface area contributed by atoms with E-state index in [-0.39, 0.29) is 11.8 Å². The zero-order valence-electron chi connectivity index (χ0n) is 22.9. The van der Waals surface area contributed by atoms with Crippen molar-refractivity contribution >= 4 is 43.3 Å². The average molecular weight is 595 g/mol. The van der Waals surface area contributed by atoms with Crippen LogP contribution in [0.1, 0.15) is 84.7 Å². The van der Waals surface area contributed by atoms with Crippen molar-refractivity contribution in [2.24, 2.45) is 23.7 Å². The largest absolute Gasteiger partial charge is 0.425 e. The van der Waals surface area contributed by atoms with E-state index in [4.69, 9.17) is 32.7 Å². The number of benzene rings is 1. The molecule has 2 N–H and O–H groups in total. The van der Waals surface area contributed by atoms with Crippen LogP contribution >= 0.6 is 31.2 Å². The highest BCUT2D eigenvalue weighted by Crippen LogP contribution is 2.37. The summed E-state index contributed by atoms with van der Waals surface area (Å²) >= 11 is 12.3. The molecule has 2 rings (SSSR count). The minimum absolute atomic E-state index is 0.209. The van der Waals surface area contributed by atoms with Gasteiger partial charge >= 0.3 is 12.1 Å². The van der Waals surface area contributed by atoms with E-state index in [0.717, 1.165) is 25.7 Å². The summed E-state index contributed by atoms with van der Waals surface area (Å²) < 4.78 is 22.4. The second kappa shape index (κ2) is 15.5. The summed E-state index contributed by atoms with van der Waals surface area (Å²) in [6.45, 7) is 8.69. The van der Waals surface area contributed by atoms with E-state index in [1.807, 2.05) is 0 Å². The van der Waals surface area contributed by atoms with Gasteiger partial charge in [0.1, 0.15) is 6.23 Å². The predicted molar refractivity (Wildman–Crippen MR) is 150 cm³/mol. The van der Waals surface area contributed by atoms with Crippen LogP contribution < -0.4 is 0 Å². The van der Waals surface area contributed by atoms with Gasteiger partial charge in [-0.1, -0.05) is 69.8 Å². The molecular weight excluding hydrogens is 552 g/mol. The molecule has 1 aromatic carbocycles. The number of carbonyl (C=O) groups is 2. The van der Waals surface area contributed by atoms with E-state index >= 15 is 0 Å². The van der Waals surface area contributed by atoms with Crippen LogP contribution in [-0.4, -0.2) is 45.6 Å². The maximum Gasteiger partial charge on any atom is 0.415 e.